The van der Waals surface area contributed by atoms with Crippen LogP contribution in [0.1, 0.15) is 5.56 Å². The van der Waals surface area contributed by atoms with E-state index in [1.54, 1.807) is 30.3 Å². The second-order valence-electron chi connectivity index (χ2n) is 7.31. The fraction of sp³-hybridized carbons (Fsp3) is 0.0417. The first-order chi connectivity index (χ1) is 16.8. The van der Waals surface area contributed by atoms with E-state index in [2.05, 4.69) is 10.7 Å². The molecule has 0 unspecified atom stereocenters. The van der Waals surface area contributed by atoms with Gasteiger partial charge in [-0.1, -0.05) is 30.3 Å². The minimum Gasteiger partial charge on any atom is -0.477 e. The van der Waals surface area contributed by atoms with Crippen LogP contribution in [-0.2, 0) is 14.4 Å². The molecule has 0 spiro atoms. The van der Waals surface area contributed by atoms with E-state index in [4.69, 9.17) is 4.74 Å². The summed E-state index contributed by atoms with van der Waals surface area (Å²) >= 11 is 0. The van der Waals surface area contributed by atoms with Gasteiger partial charge in [-0.15, -0.1) is 0 Å². The molecule has 35 heavy (non-hydrogen) atoms. The van der Waals surface area contributed by atoms with Crippen molar-refractivity contribution < 1.29 is 28.4 Å². The third-order valence-corrected chi connectivity index (χ3v) is 4.86. The van der Waals surface area contributed by atoms with E-state index in [-0.39, 0.29) is 22.6 Å². The van der Waals surface area contributed by atoms with Crippen molar-refractivity contribution in [3.63, 3.8) is 0 Å². The molecule has 2 N–H and O–H groups in total. The molecule has 1 aliphatic heterocycles. The number of nitrogens with zero attached hydrogens (tertiary/aromatic N) is 2. The molecule has 176 valence electrons. The van der Waals surface area contributed by atoms with Crippen molar-refractivity contribution >= 4 is 40.9 Å². The Morgan fingerprint density at radius 1 is 1.09 bits per heavy atom. The predicted molar refractivity (Wildman–Crippen MR) is 124 cm³/mol. The van der Waals surface area contributed by atoms with Gasteiger partial charge in [-0.05, 0) is 48.0 Å². The first kappa shape index (κ1) is 23.1. The number of hydrogen-bond acceptors (Lipinski definition) is 6. The number of carbonyl (C=O) groups is 3. The van der Waals surface area contributed by atoms with Crippen molar-refractivity contribution in [3.05, 3.63) is 99.9 Å². The van der Waals surface area contributed by atoms with Crippen LogP contribution in [0.5, 0.6) is 5.75 Å². The highest BCUT2D eigenvalue weighted by atomic mass is 19.1. The second-order valence-corrected chi connectivity index (χ2v) is 7.31. The van der Waals surface area contributed by atoms with Crippen molar-refractivity contribution in [2.45, 2.75) is 0 Å². The molecular weight excluding hydrogens is 459 g/mol. The average molecular weight is 476 g/mol. The van der Waals surface area contributed by atoms with Crippen LogP contribution in [0.2, 0.25) is 0 Å². The second kappa shape index (κ2) is 9.83. The number of carbonyl (C=O) groups excluding carboxylic acids is 3. The van der Waals surface area contributed by atoms with Crippen LogP contribution in [0.3, 0.4) is 0 Å². The summed E-state index contributed by atoms with van der Waals surface area (Å²) in [6.45, 7) is -0.565. The zero-order chi connectivity index (χ0) is 24.9. The topological polar surface area (TPSA) is 131 Å². The number of ether oxygens (including phenoxy) is 1. The van der Waals surface area contributed by atoms with Crippen molar-refractivity contribution in [2.75, 3.05) is 16.9 Å². The number of anilines is 2. The molecule has 0 saturated carbocycles. The molecule has 1 aliphatic rings. The molecular formula is C24H17FN4O6. The van der Waals surface area contributed by atoms with Crippen LogP contribution in [0.4, 0.5) is 21.5 Å². The highest BCUT2D eigenvalue weighted by molar-refractivity contribution is 6.31. The summed E-state index contributed by atoms with van der Waals surface area (Å²) < 4.78 is 18.5. The van der Waals surface area contributed by atoms with Crippen LogP contribution >= 0.6 is 0 Å². The molecule has 3 aromatic rings. The molecule has 3 aromatic carbocycles. The van der Waals surface area contributed by atoms with E-state index in [1.165, 1.54) is 36.4 Å². The van der Waals surface area contributed by atoms with Gasteiger partial charge >= 0.3 is 5.69 Å². The lowest BCUT2D eigenvalue weighted by Crippen LogP contribution is -2.35. The van der Waals surface area contributed by atoms with Crippen molar-refractivity contribution in [3.8, 4) is 5.75 Å². The third-order valence-electron chi connectivity index (χ3n) is 4.86. The standard InChI is InChI=1S/C24H17FN4O6/c25-16-5-4-6-17(13-16)26-22(30)14-35-21-10-9-15(12-20(21)29(33)34)11-19-23(31)27-28(24(19)32)18-7-2-1-3-8-18/h1-13H,14H2,(H,26,30)(H,27,31)/b19-11-. The molecule has 1 saturated heterocycles. The number of benzene rings is 3. The molecule has 1 fully saturated rings. The highest BCUT2D eigenvalue weighted by Crippen LogP contribution is 2.30. The molecule has 0 bridgehead atoms. The highest BCUT2D eigenvalue weighted by Gasteiger charge is 2.34. The van der Waals surface area contributed by atoms with Crippen LogP contribution in [0.25, 0.3) is 6.08 Å². The molecule has 0 radical (unpaired) electrons. The Morgan fingerprint density at radius 2 is 1.86 bits per heavy atom. The first-order valence-electron chi connectivity index (χ1n) is 10.2. The van der Waals surface area contributed by atoms with E-state index in [1.807, 2.05) is 0 Å². The van der Waals surface area contributed by atoms with Gasteiger partial charge in [0.25, 0.3) is 17.7 Å². The smallest absolute Gasteiger partial charge is 0.311 e. The quantitative estimate of drug-likeness (QED) is 0.233. The summed E-state index contributed by atoms with van der Waals surface area (Å²) in [4.78, 5) is 48.0. The normalized spacial score (nSPS) is 14.1. The van der Waals surface area contributed by atoms with Gasteiger partial charge in [0, 0.05) is 11.8 Å². The van der Waals surface area contributed by atoms with E-state index in [9.17, 15) is 28.9 Å². The summed E-state index contributed by atoms with van der Waals surface area (Å²) in [5.41, 5.74) is 2.65. The van der Waals surface area contributed by atoms with E-state index in [0.717, 1.165) is 17.1 Å². The molecule has 1 heterocycles. The Bertz CT molecular complexity index is 1360. The van der Waals surface area contributed by atoms with Gasteiger partial charge in [0.1, 0.15) is 11.4 Å². The Balaban J connectivity index is 1.50. The van der Waals surface area contributed by atoms with Crippen molar-refractivity contribution in [1.29, 1.82) is 0 Å². The van der Waals surface area contributed by atoms with Crippen molar-refractivity contribution in [1.82, 2.24) is 5.43 Å². The van der Waals surface area contributed by atoms with Gasteiger partial charge in [-0.2, -0.15) is 0 Å². The Morgan fingerprint density at radius 3 is 2.57 bits per heavy atom. The fourth-order valence-corrected chi connectivity index (χ4v) is 3.28. The number of nitro groups is 1. The molecule has 0 aromatic heterocycles. The number of para-hydroxylation sites is 1. The number of rotatable bonds is 7. The fourth-order valence-electron chi connectivity index (χ4n) is 3.28. The van der Waals surface area contributed by atoms with Crippen LogP contribution in [-0.4, -0.2) is 29.3 Å². The van der Waals surface area contributed by atoms with Crippen molar-refractivity contribution in [2.24, 2.45) is 0 Å². The van der Waals surface area contributed by atoms with E-state index < -0.39 is 40.8 Å². The number of hydrogen-bond donors (Lipinski definition) is 2. The number of nitro benzene ring substituents is 1. The van der Waals surface area contributed by atoms with Crippen LogP contribution in [0.15, 0.2) is 78.4 Å². The number of nitrogens with one attached hydrogen (secondary N) is 2. The Hall–Kier alpha value is -5.06. The molecule has 0 aliphatic carbocycles. The first-order valence-corrected chi connectivity index (χ1v) is 10.2. The number of amides is 3. The predicted octanol–water partition coefficient (Wildman–Crippen LogP) is 3.21. The molecule has 4 rings (SSSR count). The summed E-state index contributed by atoms with van der Waals surface area (Å²) in [5, 5.41) is 15.1. The van der Waals surface area contributed by atoms with Gasteiger partial charge in [0.2, 0.25) is 0 Å². The van der Waals surface area contributed by atoms with Gasteiger partial charge in [-0.25, -0.2) is 9.40 Å². The average Bonchev–Trinajstić information content (AvgIpc) is 3.12. The van der Waals surface area contributed by atoms with E-state index >= 15 is 0 Å². The maximum atomic E-state index is 13.2. The monoisotopic (exact) mass is 476 g/mol. The third kappa shape index (κ3) is 5.30. The number of halogens is 1. The lowest BCUT2D eigenvalue weighted by molar-refractivity contribution is -0.385. The molecule has 10 nitrogen and oxygen atoms in total. The van der Waals surface area contributed by atoms with E-state index in [0.29, 0.717) is 5.69 Å². The SMILES string of the molecule is O=C(COc1ccc(/C=C2/C(=O)NN(c3ccccc3)C2=O)cc1[N+](=O)[O-])Nc1cccc(F)c1. The minimum atomic E-state index is -0.714. The summed E-state index contributed by atoms with van der Waals surface area (Å²) in [7, 11) is 0. The molecule has 0 atom stereocenters. The lowest BCUT2D eigenvalue weighted by atomic mass is 10.1. The zero-order valence-electron chi connectivity index (χ0n) is 17.9. The van der Waals surface area contributed by atoms with Gasteiger partial charge in [0.05, 0.1) is 10.6 Å². The lowest BCUT2D eigenvalue weighted by Gasteiger charge is -2.13. The largest absolute Gasteiger partial charge is 0.477 e. The number of hydrazine groups is 1. The minimum absolute atomic E-state index is 0.195. The summed E-state index contributed by atoms with van der Waals surface area (Å²) in [6, 6.07) is 17.5. The zero-order valence-corrected chi connectivity index (χ0v) is 17.9. The van der Waals surface area contributed by atoms with Crippen LogP contribution < -0.4 is 20.5 Å². The maximum Gasteiger partial charge on any atom is 0.311 e. The van der Waals surface area contributed by atoms with Crippen LogP contribution in [0, 0.1) is 15.9 Å². The summed E-state index contributed by atoms with van der Waals surface area (Å²) in [5.74, 6) is -2.65. The Labute approximate surface area is 197 Å². The van der Waals surface area contributed by atoms with Gasteiger partial charge in [-0.3, -0.25) is 29.9 Å². The summed E-state index contributed by atoms with van der Waals surface area (Å²) in [6.07, 6.45) is 1.23. The van der Waals surface area contributed by atoms with Gasteiger partial charge in [0.15, 0.2) is 12.4 Å². The molecule has 11 heteroatoms. The Kier molecular flexibility index (Phi) is 6.49. The maximum absolute atomic E-state index is 13.2. The molecule has 3 amide bonds. The van der Waals surface area contributed by atoms with Gasteiger partial charge < -0.3 is 10.1 Å².